The Kier molecular flexibility index (Phi) is 10.5. The van der Waals surface area contributed by atoms with Gasteiger partial charge in [-0.1, -0.05) is 28.9 Å². The van der Waals surface area contributed by atoms with Gasteiger partial charge in [-0.15, -0.1) is 11.8 Å². The van der Waals surface area contributed by atoms with E-state index in [0.29, 0.717) is 11.6 Å². The second kappa shape index (κ2) is 12.4. The Morgan fingerprint density at radius 2 is 1.92 bits per heavy atom. The van der Waals surface area contributed by atoms with Crippen LogP contribution in [0.3, 0.4) is 0 Å². The summed E-state index contributed by atoms with van der Waals surface area (Å²) in [6.07, 6.45) is 11.4. The summed E-state index contributed by atoms with van der Waals surface area (Å²) in [5.74, 6) is -0.0363. The van der Waals surface area contributed by atoms with Gasteiger partial charge in [0.05, 0.1) is 0 Å². The minimum absolute atomic E-state index is 0.428. The van der Waals surface area contributed by atoms with Crippen molar-refractivity contribution in [3.05, 3.63) is 46.9 Å². The molecule has 0 saturated carbocycles. The number of nitrogens with zero attached hydrogens (tertiary/aromatic N) is 1. The number of aliphatic carboxylic acids is 1. The summed E-state index contributed by atoms with van der Waals surface area (Å²) < 4.78 is 4.84. The van der Waals surface area contributed by atoms with Gasteiger partial charge in [-0.2, -0.15) is 4.98 Å². The topological polar surface area (TPSA) is 75.4 Å². The summed E-state index contributed by atoms with van der Waals surface area (Å²) in [5.41, 5.74) is 4.05. The molecule has 0 bridgehead atoms. The first-order valence-corrected chi connectivity index (χ1v) is 9.87. The van der Waals surface area contributed by atoms with Crippen molar-refractivity contribution >= 4 is 23.5 Å². The molecular weight excluding hydrogens is 348 g/mol. The summed E-state index contributed by atoms with van der Waals surface area (Å²) in [4.78, 5) is 15.2. The van der Waals surface area contributed by atoms with Crippen LogP contribution in [0.2, 0.25) is 0 Å². The largest absolute Gasteiger partial charge is 0.480 e. The van der Waals surface area contributed by atoms with Crippen molar-refractivity contribution in [1.82, 2.24) is 4.98 Å². The van der Waals surface area contributed by atoms with Crippen LogP contribution in [0.5, 0.6) is 0 Å². The summed E-state index contributed by atoms with van der Waals surface area (Å²) in [5, 5.41) is 14.2. The Bertz CT molecular complexity index is 629. The highest BCUT2D eigenvalue weighted by molar-refractivity contribution is 8.02. The number of allylic oxidation sites excluding steroid dienone is 5. The summed E-state index contributed by atoms with van der Waals surface area (Å²) in [6.45, 7) is 8.52. The predicted octanol–water partition coefficient (Wildman–Crippen LogP) is 5.65. The zero-order chi connectivity index (χ0) is 19.4. The summed E-state index contributed by atoms with van der Waals surface area (Å²) >= 11 is 1.50. The van der Waals surface area contributed by atoms with Gasteiger partial charge in [0.25, 0.3) is 0 Å². The Balaban J connectivity index is 2.33. The molecule has 0 aromatic carbocycles. The number of nitrogens with one attached hydrogen (secondary N) is 1. The summed E-state index contributed by atoms with van der Waals surface area (Å²) in [6, 6.07) is -0.702. The number of carboxylic acid groups (broad SMARTS) is 1. The van der Waals surface area contributed by atoms with Crippen molar-refractivity contribution in [2.75, 3.05) is 11.1 Å². The predicted molar refractivity (Wildman–Crippen MR) is 109 cm³/mol. The van der Waals surface area contributed by atoms with E-state index < -0.39 is 12.0 Å². The number of oxazole rings is 1. The lowest BCUT2D eigenvalue weighted by molar-refractivity contribution is -0.137. The van der Waals surface area contributed by atoms with Crippen LogP contribution in [0.15, 0.2) is 51.4 Å². The number of hydrogen-bond donors (Lipinski definition) is 2. The fourth-order valence-corrected chi connectivity index (χ4v) is 3.14. The van der Waals surface area contributed by atoms with Gasteiger partial charge >= 0.3 is 5.97 Å². The fraction of sp³-hybridized carbons (Fsp3) is 0.500. The average molecular weight is 379 g/mol. The minimum Gasteiger partial charge on any atom is -0.480 e. The van der Waals surface area contributed by atoms with Crippen LogP contribution in [0.1, 0.15) is 53.4 Å². The maximum Gasteiger partial charge on any atom is 0.327 e. The van der Waals surface area contributed by atoms with E-state index in [4.69, 9.17) is 4.42 Å². The standard InChI is InChI=1S/C20H30N2O3S/c1-15(2)7-5-8-16(3)9-6-10-17(4)12-26-13-18(20(23)24)22-19-11-25-14-21-19/h7,9,11-12,14,18,22H,5-6,8,10,13H2,1-4H3,(H,23,24). The monoisotopic (exact) mass is 378 g/mol. The number of rotatable bonds is 12. The van der Waals surface area contributed by atoms with Gasteiger partial charge in [-0.05, 0) is 58.8 Å². The molecular formula is C20H30N2O3S. The van der Waals surface area contributed by atoms with E-state index in [2.05, 4.69) is 50.1 Å². The highest BCUT2D eigenvalue weighted by atomic mass is 32.2. The number of carboxylic acids is 1. The molecule has 1 atom stereocenters. The second-order valence-corrected chi connectivity index (χ2v) is 7.52. The molecule has 2 N–H and O–H groups in total. The van der Waals surface area contributed by atoms with Crippen LogP contribution in [0.25, 0.3) is 0 Å². The smallest absolute Gasteiger partial charge is 0.327 e. The van der Waals surface area contributed by atoms with E-state index in [9.17, 15) is 9.90 Å². The van der Waals surface area contributed by atoms with Gasteiger partial charge in [-0.25, -0.2) is 4.79 Å². The minimum atomic E-state index is -0.901. The Morgan fingerprint density at radius 3 is 2.54 bits per heavy atom. The van der Waals surface area contributed by atoms with Gasteiger partial charge in [0.1, 0.15) is 12.3 Å². The first-order chi connectivity index (χ1) is 12.4. The number of hydrogen-bond acceptors (Lipinski definition) is 5. The molecule has 0 radical (unpaired) electrons. The third-order valence-electron chi connectivity index (χ3n) is 3.72. The van der Waals surface area contributed by atoms with Gasteiger partial charge in [0, 0.05) is 5.75 Å². The van der Waals surface area contributed by atoms with Gasteiger partial charge in [0.2, 0.25) is 0 Å². The van der Waals surface area contributed by atoms with E-state index in [-0.39, 0.29) is 0 Å². The molecule has 0 fully saturated rings. The first kappa shape index (κ1) is 22.1. The van der Waals surface area contributed by atoms with Crippen molar-refractivity contribution in [3.8, 4) is 0 Å². The van der Waals surface area contributed by atoms with E-state index in [1.54, 1.807) is 0 Å². The zero-order valence-corrected chi connectivity index (χ0v) is 16.9. The third kappa shape index (κ3) is 10.1. The second-order valence-electron chi connectivity index (χ2n) is 6.62. The van der Waals surface area contributed by atoms with Crippen LogP contribution in [-0.4, -0.2) is 27.9 Å². The number of anilines is 1. The lowest BCUT2D eigenvalue weighted by Gasteiger charge is -2.12. The SMILES string of the molecule is CC(C)=CCCC(C)=CCCC(C)=CSCC(Nc1cocn1)C(=O)O. The van der Waals surface area contributed by atoms with Crippen LogP contribution >= 0.6 is 11.8 Å². The van der Waals surface area contributed by atoms with E-state index in [1.807, 2.05) is 5.41 Å². The number of carbonyl (C=O) groups is 1. The van der Waals surface area contributed by atoms with Gasteiger partial charge in [-0.3, -0.25) is 0 Å². The normalized spacial score (nSPS) is 13.4. The summed E-state index contributed by atoms with van der Waals surface area (Å²) in [7, 11) is 0. The molecule has 144 valence electrons. The van der Waals surface area contributed by atoms with E-state index in [0.717, 1.165) is 25.7 Å². The van der Waals surface area contributed by atoms with Crippen molar-refractivity contribution in [2.24, 2.45) is 0 Å². The molecule has 26 heavy (non-hydrogen) atoms. The van der Waals surface area contributed by atoms with Crippen LogP contribution < -0.4 is 5.32 Å². The quantitative estimate of drug-likeness (QED) is 0.458. The molecule has 6 heteroatoms. The van der Waals surface area contributed by atoms with Crippen LogP contribution in [0, 0.1) is 0 Å². The van der Waals surface area contributed by atoms with Gasteiger partial charge < -0.3 is 14.8 Å². The molecule has 0 aliphatic rings. The molecule has 1 unspecified atom stereocenters. The first-order valence-electron chi connectivity index (χ1n) is 8.82. The maximum atomic E-state index is 11.3. The number of aromatic nitrogens is 1. The molecule has 1 heterocycles. The zero-order valence-electron chi connectivity index (χ0n) is 16.1. The molecule has 5 nitrogen and oxygen atoms in total. The van der Waals surface area contributed by atoms with Crippen molar-refractivity contribution in [2.45, 2.75) is 59.4 Å². The number of thioether (sulfide) groups is 1. The third-order valence-corrected chi connectivity index (χ3v) is 4.82. The molecule has 1 aromatic rings. The fourth-order valence-electron chi connectivity index (χ4n) is 2.22. The Hall–Kier alpha value is -1.95. The molecule has 1 aromatic heterocycles. The van der Waals surface area contributed by atoms with Crippen LogP contribution in [-0.2, 0) is 4.79 Å². The van der Waals surface area contributed by atoms with Crippen molar-refractivity contribution in [3.63, 3.8) is 0 Å². The molecule has 0 saturated heterocycles. The Labute approximate surface area is 160 Å². The molecule has 0 aliphatic heterocycles. The molecule has 0 aliphatic carbocycles. The molecule has 0 amide bonds. The average Bonchev–Trinajstić information content (AvgIpc) is 3.06. The Morgan fingerprint density at radius 1 is 1.23 bits per heavy atom. The van der Waals surface area contributed by atoms with Crippen LogP contribution in [0.4, 0.5) is 5.82 Å². The highest BCUT2D eigenvalue weighted by Crippen LogP contribution is 2.16. The maximum absolute atomic E-state index is 11.3. The van der Waals surface area contributed by atoms with E-state index >= 15 is 0 Å². The van der Waals surface area contributed by atoms with E-state index in [1.165, 1.54) is 41.1 Å². The molecule has 0 spiro atoms. The lowest BCUT2D eigenvalue weighted by Crippen LogP contribution is -2.31. The lowest BCUT2D eigenvalue weighted by atomic mass is 10.1. The molecule has 1 rings (SSSR count). The van der Waals surface area contributed by atoms with Crippen molar-refractivity contribution < 1.29 is 14.3 Å². The highest BCUT2D eigenvalue weighted by Gasteiger charge is 2.17. The van der Waals surface area contributed by atoms with Crippen molar-refractivity contribution in [1.29, 1.82) is 0 Å². The van der Waals surface area contributed by atoms with Gasteiger partial charge in [0.15, 0.2) is 12.2 Å².